The summed E-state index contributed by atoms with van der Waals surface area (Å²) >= 11 is 3.14. The van der Waals surface area contributed by atoms with E-state index >= 15 is 0 Å². The van der Waals surface area contributed by atoms with Crippen molar-refractivity contribution >= 4 is 15.9 Å². The second-order valence-corrected chi connectivity index (χ2v) is 5.66. The molecule has 1 aromatic rings. The van der Waals surface area contributed by atoms with Gasteiger partial charge in [-0.25, -0.2) is 4.39 Å². The lowest BCUT2D eigenvalue weighted by Gasteiger charge is -2.25. The minimum atomic E-state index is -0.274. The Hall–Kier alpha value is -0.610. The van der Waals surface area contributed by atoms with Crippen LogP contribution in [0.25, 0.3) is 0 Å². The standard InChI is InChI=1S/C13H19BrFNO/c1-4-16-8-13(2,3)9-17-10-5-6-12(15)11(14)7-10/h5-7,16H,4,8-9H2,1-3H3. The molecule has 2 nitrogen and oxygen atoms in total. The summed E-state index contributed by atoms with van der Waals surface area (Å²) in [6, 6.07) is 4.69. The minimum absolute atomic E-state index is 0.0525. The number of hydrogen-bond donors (Lipinski definition) is 1. The zero-order chi connectivity index (χ0) is 12.9. The Balaban J connectivity index is 2.51. The molecule has 0 radical (unpaired) electrons. The van der Waals surface area contributed by atoms with Crippen LogP contribution >= 0.6 is 15.9 Å². The lowest BCUT2D eigenvalue weighted by Crippen LogP contribution is -2.34. The summed E-state index contributed by atoms with van der Waals surface area (Å²) in [7, 11) is 0. The van der Waals surface area contributed by atoms with E-state index in [1.807, 2.05) is 0 Å². The van der Waals surface area contributed by atoms with Gasteiger partial charge in [-0.2, -0.15) is 0 Å². The fourth-order valence-electron chi connectivity index (χ4n) is 1.36. The van der Waals surface area contributed by atoms with E-state index in [1.165, 1.54) is 6.07 Å². The van der Waals surface area contributed by atoms with Crippen LogP contribution in [0.15, 0.2) is 22.7 Å². The van der Waals surface area contributed by atoms with Gasteiger partial charge in [0.15, 0.2) is 0 Å². The molecule has 0 spiro atoms. The molecule has 1 rings (SSSR count). The molecule has 0 saturated heterocycles. The van der Waals surface area contributed by atoms with Crippen LogP contribution in [0.5, 0.6) is 5.75 Å². The van der Waals surface area contributed by atoms with Gasteiger partial charge in [0.25, 0.3) is 0 Å². The van der Waals surface area contributed by atoms with E-state index in [1.54, 1.807) is 12.1 Å². The van der Waals surface area contributed by atoms with Crippen molar-refractivity contribution in [1.29, 1.82) is 0 Å². The molecule has 0 aromatic heterocycles. The molecule has 1 N–H and O–H groups in total. The van der Waals surface area contributed by atoms with Gasteiger partial charge in [-0.1, -0.05) is 20.8 Å². The Kier molecular flexibility index (Phi) is 5.40. The molecule has 0 aliphatic heterocycles. The average molecular weight is 304 g/mol. The highest BCUT2D eigenvalue weighted by molar-refractivity contribution is 9.10. The molecule has 0 fully saturated rings. The molecule has 0 atom stereocenters. The molecule has 1 aromatic carbocycles. The lowest BCUT2D eigenvalue weighted by atomic mass is 9.95. The van der Waals surface area contributed by atoms with Gasteiger partial charge in [0.05, 0.1) is 11.1 Å². The Labute approximate surface area is 111 Å². The molecular weight excluding hydrogens is 285 g/mol. The maximum atomic E-state index is 13.0. The lowest BCUT2D eigenvalue weighted by molar-refractivity contribution is 0.177. The third-order valence-corrected chi connectivity index (χ3v) is 2.98. The summed E-state index contributed by atoms with van der Waals surface area (Å²) in [4.78, 5) is 0. The Morgan fingerprint density at radius 2 is 2.12 bits per heavy atom. The average Bonchev–Trinajstić information content (AvgIpc) is 2.28. The largest absolute Gasteiger partial charge is 0.493 e. The number of benzene rings is 1. The highest BCUT2D eigenvalue weighted by Crippen LogP contribution is 2.23. The molecule has 0 aliphatic carbocycles. The quantitative estimate of drug-likeness (QED) is 0.867. The maximum absolute atomic E-state index is 13.0. The zero-order valence-electron chi connectivity index (χ0n) is 10.5. The van der Waals surface area contributed by atoms with Gasteiger partial charge in [-0.15, -0.1) is 0 Å². The number of rotatable bonds is 6. The smallest absolute Gasteiger partial charge is 0.137 e. The summed E-state index contributed by atoms with van der Waals surface area (Å²) in [6.45, 7) is 8.78. The van der Waals surface area contributed by atoms with E-state index in [0.717, 1.165) is 13.1 Å². The molecule has 4 heteroatoms. The van der Waals surface area contributed by atoms with Crippen LogP contribution < -0.4 is 10.1 Å². The summed E-state index contributed by atoms with van der Waals surface area (Å²) in [5, 5.41) is 3.30. The monoisotopic (exact) mass is 303 g/mol. The van der Waals surface area contributed by atoms with Gasteiger partial charge < -0.3 is 10.1 Å². The summed E-state index contributed by atoms with van der Waals surface area (Å²) in [5.74, 6) is 0.409. The van der Waals surface area contributed by atoms with Crippen LogP contribution in [0.4, 0.5) is 4.39 Å². The summed E-state index contributed by atoms with van der Waals surface area (Å²) < 4.78 is 19.1. The fraction of sp³-hybridized carbons (Fsp3) is 0.538. The van der Waals surface area contributed by atoms with E-state index in [2.05, 4.69) is 42.0 Å². The molecule has 0 unspecified atom stereocenters. The van der Waals surface area contributed by atoms with Crippen LogP contribution in [-0.2, 0) is 0 Å². The van der Waals surface area contributed by atoms with Gasteiger partial charge >= 0.3 is 0 Å². The molecule has 0 heterocycles. The predicted molar refractivity (Wildman–Crippen MR) is 71.9 cm³/mol. The minimum Gasteiger partial charge on any atom is -0.493 e. The zero-order valence-corrected chi connectivity index (χ0v) is 12.1. The van der Waals surface area contributed by atoms with Crippen molar-refractivity contribution in [3.8, 4) is 5.75 Å². The molecule has 0 aliphatic rings. The van der Waals surface area contributed by atoms with Crippen LogP contribution in [-0.4, -0.2) is 19.7 Å². The molecule has 96 valence electrons. The SMILES string of the molecule is CCNCC(C)(C)COc1ccc(F)c(Br)c1. The first-order valence-corrected chi connectivity index (χ1v) is 6.52. The third-order valence-electron chi connectivity index (χ3n) is 2.37. The molecule has 17 heavy (non-hydrogen) atoms. The normalized spacial score (nSPS) is 11.6. The topological polar surface area (TPSA) is 21.3 Å². The molecule has 0 bridgehead atoms. The maximum Gasteiger partial charge on any atom is 0.137 e. The van der Waals surface area contributed by atoms with E-state index < -0.39 is 0 Å². The van der Waals surface area contributed by atoms with Crippen molar-refractivity contribution in [2.45, 2.75) is 20.8 Å². The van der Waals surface area contributed by atoms with Crippen molar-refractivity contribution in [3.05, 3.63) is 28.5 Å². The van der Waals surface area contributed by atoms with Gasteiger partial charge in [0, 0.05) is 12.0 Å². The highest BCUT2D eigenvalue weighted by Gasteiger charge is 2.18. The van der Waals surface area contributed by atoms with Gasteiger partial charge in [0.2, 0.25) is 0 Å². The van der Waals surface area contributed by atoms with Crippen molar-refractivity contribution < 1.29 is 9.13 Å². The van der Waals surface area contributed by atoms with E-state index in [-0.39, 0.29) is 11.2 Å². The van der Waals surface area contributed by atoms with Gasteiger partial charge in [-0.3, -0.25) is 0 Å². The van der Waals surface area contributed by atoms with Gasteiger partial charge in [-0.05, 0) is 40.7 Å². The number of halogens is 2. The first-order valence-electron chi connectivity index (χ1n) is 5.73. The van der Waals surface area contributed by atoms with Crippen LogP contribution in [0.2, 0.25) is 0 Å². The van der Waals surface area contributed by atoms with Crippen molar-refractivity contribution in [2.75, 3.05) is 19.7 Å². The van der Waals surface area contributed by atoms with Crippen molar-refractivity contribution in [1.82, 2.24) is 5.32 Å². The number of ether oxygens (including phenoxy) is 1. The predicted octanol–water partition coefficient (Wildman–Crippen LogP) is 3.60. The first-order chi connectivity index (χ1) is 7.94. The Morgan fingerprint density at radius 3 is 2.71 bits per heavy atom. The molecular formula is C13H19BrFNO. The Bertz CT molecular complexity index is 368. The van der Waals surface area contributed by atoms with Gasteiger partial charge in [0.1, 0.15) is 11.6 Å². The van der Waals surface area contributed by atoms with Crippen LogP contribution in [0.3, 0.4) is 0 Å². The fourth-order valence-corrected chi connectivity index (χ4v) is 1.72. The van der Waals surface area contributed by atoms with Crippen molar-refractivity contribution in [3.63, 3.8) is 0 Å². The van der Waals surface area contributed by atoms with Crippen molar-refractivity contribution in [2.24, 2.45) is 5.41 Å². The number of hydrogen-bond acceptors (Lipinski definition) is 2. The van der Waals surface area contributed by atoms with Crippen LogP contribution in [0, 0.1) is 11.2 Å². The first kappa shape index (κ1) is 14.5. The highest BCUT2D eigenvalue weighted by atomic mass is 79.9. The van der Waals surface area contributed by atoms with E-state index in [0.29, 0.717) is 16.8 Å². The molecule has 0 amide bonds. The Morgan fingerprint density at radius 1 is 1.41 bits per heavy atom. The second-order valence-electron chi connectivity index (χ2n) is 4.81. The van der Waals surface area contributed by atoms with Crippen LogP contribution in [0.1, 0.15) is 20.8 Å². The number of nitrogens with one attached hydrogen (secondary N) is 1. The summed E-state index contributed by atoms with van der Waals surface area (Å²) in [6.07, 6.45) is 0. The molecule has 0 saturated carbocycles. The van der Waals surface area contributed by atoms with E-state index in [4.69, 9.17) is 4.74 Å². The third kappa shape index (κ3) is 5.04. The van der Waals surface area contributed by atoms with E-state index in [9.17, 15) is 4.39 Å². The second kappa shape index (κ2) is 6.36. The summed E-state index contributed by atoms with van der Waals surface area (Å²) in [5.41, 5.74) is 0.0525.